The lowest BCUT2D eigenvalue weighted by molar-refractivity contribution is -0.132. The number of rotatable bonds is 7. The summed E-state index contributed by atoms with van der Waals surface area (Å²) in [6.45, 7) is 1.38. The molecule has 0 saturated carbocycles. The maximum atomic E-state index is 12.9. The van der Waals surface area contributed by atoms with Gasteiger partial charge in [-0.05, 0) is 44.1 Å². The predicted octanol–water partition coefficient (Wildman–Crippen LogP) is 2.66. The van der Waals surface area contributed by atoms with E-state index in [4.69, 9.17) is 5.11 Å². The summed E-state index contributed by atoms with van der Waals surface area (Å²) in [6, 6.07) is 8.29. The Bertz CT molecular complexity index is 701. The van der Waals surface area contributed by atoms with Crippen LogP contribution >= 0.6 is 11.8 Å². The van der Waals surface area contributed by atoms with Crippen LogP contribution in [0.2, 0.25) is 0 Å². The fourth-order valence-corrected chi connectivity index (χ4v) is 4.04. The van der Waals surface area contributed by atoms with E-state index in [0.717, 1.165) is 54.8 Å². The molecule has 2 heterocycles. The molecule has 0 aliphatic carbocycles. The van der Waals surface area contributed by atoms with Crippen LogP contribution in [0.25, 0.3) is 11.0 Å². The Hall–Kier alpha value is -1.53. The molecule has 1 aliphatic rings. The zero-order chi connectivity index (χ0) is 16.9. The fourth-order valence-electron chi connectivity index (χ4n) is 3.56. The molecule has 130 valence electrons. The van der Waals surface area contributed by atoms with Crippen molar-refractivity contribution in [2.45, 2.75) is 44.0 Å². The summed E-state index contributed by atoms with van der Waals surface area (Å²) < 4.78 is 2.07. The van der Waals surface area contributed by atoms with Crippen molar-refractivity contribution in [3.05, 3.63) is 30.1 Å². The second-order valence-electron chi connectivity index (χ2n) is 6.28. The molecule has 1 saturated heterocycles. The van der Waals surface area contributed by atoms with Crippen molar-refractivity contribution in [2.75, 3.05) is 19.4 Å². The molecule has 0 bridgehead atoms. The summed E-state index contributed by atoms with van der Waals surface area (Å²) >= 11 is 1.72. The van der Waals surface area contributed by atoms with E-state index in [-0.39, 0.29) is 18.6 Å². The van der Waals surface area contributed by atoms with Crippen molar-refractivity contribution in [3.8, 4) is 0 Å². The van der Waals surface area contributed by atoms with E-state index in [2.05, 4.69) is 15.8 Å². The number of fused-ring (bicyclic) bond motifs is 1. The monoisotopic (exact) mass is 347 g/mol. The molecule has 1 N–H and O–H groups in total. The molecule has 6 heteroatoms. The molecule has 2 aromatic rings. The first-order valence-electron chi connectivity index (χ1n) is 8.58. The van der Waals surface area contributed by atoms with Gasteiger partial charge in [0.2, 0.25) is 5.91 Å². The highest BCUT2D eigenvalue weighted by Crippen LogP contribution is 2.24. The van der Waals surface area contributed by atoms with E-state index in [0.29, 0.717) is 6.54 Å². The highest BCUT2D eigenvalue weighted by Gasteiger charge is 2.28. The van der Waals surface area contributed by atoms with E-state index in [1.807, 2.05) is 29.2 Å². The first kappa shape index (κ1) is 17.3. The number of benzene rings is 1. The van der Waals surface area contributed by atoms with Gasteiger partial charge in [-0.15, -0.1) is 0 Å². The van der Waals surface area contributed by atoms with Gasteiger partial charge in [0.25, 0.3) is 0 Å². The third-order valence-corrected chi connectivity index (χ3v) is 5.24. The first-order valence-corrected chi connectivity index (χ1v) is 9.97. The van der Waals surface area contributed by atoms with Gasteiger partial charge in [-0.2, -0.15) is 11.8 Å². The number of nitrogens with zero attached hydrogens (tertiary/aromatic N) is 3. The molecular formula is C18H25N3O2S. The van der Waals surface area contributed by atoms with E-state index >= 15 is 0 Å². The average molecular weight is 347 g/mol. The van der Waals surface area contributed by atoms with Crippen LogP contribution < -0.4 is 0 Å². The maximum absolute atomic E-state index is 12.9. The number of likely N-dealkylation sites (tertiary alicyclic amines) is 1. The van der Waals surface area contributed by atoms with Gasteiger partial charge in [-0.1, -0.05) is 12.1 Å². The standard InChI is InChI=1S/C18H25N3O2S/c1-24-13-17-19-15-8-2-3-9-16(15)21(17)12-18(23)20-10-4-6-14(20)7-5-11-22/h2-3,8-9,14,22H,4-7,10-13H2,1H3. The zero-order valence-electron chi connectivity index (χ0n) is 14.1. The van der Waals surface area contributed by atoms with E-state index in [1.165, 1.54) is 0 Å². The number of aliphatic hydroxyl groups is 1. The van der Waals surface area contributed by atoms with E-state index < -0.39 is 0 Å². The summed E-state index contributed by atoms with van der Waals surface area (Å²) in [5.74, 6) is 1.93. The molecule has 1 fully saturated rings. The lowest BCUT2D eigenvalue weighted by Gasteiger charge is -2.25. The van der Waals surface area contributed by atoms with Crippen LogP contribution in [0.15, 0.2) is 24.3 Å². The summed E-state index contributed by atoms with van der Waals surface area (Å²) in [6.07, 6.45) is 5.82. The van der Waals surface area contributed by atoms with Crippen LogP contribution in [0.4, 0.5) is 0 Å². The molecule has 1 aromatic carbocycles. The largest absolute Gasteiger partial charge is 0.396 e. The minimum Gasteiger partial charge on any atom is -0.396 e. The summed E-state index contributed by atoms with van der Waals surface area (Å²) in [5.41, 5.74) is 1.98. The van der Waals surface area contributed by atoms with Gasteiger partial charge in [0.05, 0.1) is 16.8 Å². The third-order valence-electron chi connectivity index (χ3n) is 4.69. The minimum atomic E-state index is 0.168. The molecule has 1 amide bonds. The summed E-state index contributed by atoms with van der Waals surface area (Å²) in [4.78, 5) is 19.6. The number of hydrogen-bond acceptors (Lipinski definition) is 4. The molecular weight excluding hydrogens is 322 g/mol. The molecule has 5 nitrogen and oxygen atoms in total. The molecule has 3 rings (SSSR count). The lowest BCUT2D eigenvalue weighted by Crippen LogP contribution is -2.38. The number of carbonyl (C=O) groups excluding carboxylic acids is 1. The maximum Gasteiger partial charge on any atom is 0.242 e. The van der Waals surface area contributed by atoms with Crippen LogP contribution in [0, 0.1) is 0 Å². The van der Waals surface area contributed by atoms with Gasteiger partial charge < -0.3 is 14.6 Å². The second kappa shape index (κ2) is 8.03. The number of aliphatic hydroxyl groups excluding tert-OH is 1. The molecule has 1 atom stereocenters. The molecule has 0 radical (unpaired) electrons. The number of carbonyl (C=O) groups is 1. The Morgan fingerprint density at radius 1 is 1.42 bits per heavy atom. The number of amides is 1. The molecule has 1 aliphatic heterocycles. The first-order chi connectivity index (χ1) is 11.7. The SMILES string of the molecule is CSCc1nc2ccccc2n1CC(=O)N1CCCC1CCCO. The molecule has 1 aromatic heterocycles. The Labute approximate surface area is 147 Å². The van der Waals surface area contributed by atoms with Crippen LogP contribution in [0.5, 0.6) is 0 Å². The Morgan fingerprint density at radius 2 is 2.25 bits per heavy atom. The van der Waals surface area contributed by atoms with Crippen molar-refractivity contribution >= 4 is 28.7 Å². The smallest absolute Gasteiger partial charge is 0.242 e. The minimum absolute atomic E-state index is 0.168. The average Bonchev–Trinajstić information content (AvgIpc) is 3.19. The number of thioether (sulfide) groups is 1. The Morgan fingerprint density at radius 3 is 3.04 bits per heavy atom. The van der Waals surface area contributed by atoms with Crippen LogP contribution in [-0.4, -0.2) is 50.9 Å². The Balaban J connectivity index is 1.80. The van der Waals surface area contributed by atoms with Crippen LogP contribution in [0.1, 0.15) is 31.5 Å². The van der Waals surface area contributed by atoms with Crippen molar-refractivity contribution in [3.63, 3.8) is 0 Å². The van der Waals surface area contributed by atoms with Crippen molar-refractivity contribution in [2.24, 2.45) is 0 Å². The zero-order valence-corrected chi connectivity index (χ0v) is 15.0. The fraction of sp³-hybridized carbons (Fsp3) is 0.556. The van der Waals surface area contributed by atoms with Crippen LogP contribution in [-0.2, 0) is 17.1 Å². The summed E-state index contributed by atoms with van der Waals surface area (Å²) in [7, 11) is 0. The van der Waals surface area contributed by atoms with E-state index in [1.54, 1.807) is 11.8 Å². The number of hydrogen-bond donors (Lipinski definition) is 1. The number of para-hydroxylation sites is 2. The van der Waals surface area contributed by atoms with Crippen LogP contribution in [0.3, 0.4) is 0 Å². The molecule has 1 unspecified atom stereocenters. The third kappa shape index (κ3) is 3.59. The van der Waals surface area contributed by atoms with Crippen molar-refractivity contribution in [1.29, 1.82) is 0 Å². The van der Waals surface area contributed by atoms with Gasteiger partial charge in [0.15, 0.2) is 0 Å². The van der Waals surface area contributed by atoms with Crippen molar-refractivity contribution in [1.82, 2.24) is 14.5 Å². The Kier molecular flexibility index (Phi) is 5.79. The van der Waals surface area contributed by atoms with Gasteiger partial charge in [0, 0.05) is 19.2 Å². The van der Waals surface area contributed by atoms with E-state index in [9.17, 15) is 4.79 Å². The molecule has 24 heavy (non-hydrogen) atoms. The lowest BCUT2D eigenvalue weighted by atomic mass is 10.1. The topological polar surface area (TPSA) is 58.4 Å². The van der Waals surface area contributed by atoms with Gasteiger partial charge >= 0.3 is 0 Å². The predicted molar refractivity (Wildman–Crippen MR) is 98.0 cm³/mol. The van der Waals surface area contributed by atoms with Gasteiger partial charge in [-0.3, -0.25) is 4.79 Å². The van der Waals surface area contributed by atoms with Crippen molar-refractivity contribution < 1.29 is 9.90 Å². The highest BCUT2D eigenvalue weighted by atomic mass is 32.2. The number of aromatic nitrogens is 2. The number of imidazole rings is 1. The molecule has 0 spiro atoms. The highest BCUT2D eigenvalue weighted by molar-refractivity contribution is 7.97. The normalized spacial score (nSPS) is 17.8. The second-order valence-corrected chi connectivity index (χ2v) is 7.15. The van der Waals surface area contributed by atoms with Gasteiger partial charge in [-0.25, -0.2) is 4.98 Å². The van der Waals surface area contributed by atoms with Gasteiger partial charge in [0.1, 0.15) is 12.4 Å². The quantitative estimate of drug-likeness (QED) is 0.836. The summed E-state index contributed by atoms with van der Waals surface area (Å²) in [5, 5.41) is 9.05.